The predicted molar refractivity (Wildman–Crippen MR) is 118 cm³/mol. The van der Waals surface area contributed by atoms with Crippen molar-refractivity contribution in [2.75, 3.05) is 6.54 Å². The summed E-state index contributed by atoms with van der Waals surface area (Å²) in [6.07, 6.45) is 2.71. The van der Waals surface area contributed by atoms with Gasteiger partial charge in [0.2, 0.25) is 5.91 Å². The molecule has 0 N–H and O–H groups in total. The fourth-order valence-corrected chi connectivity index (χ4v) is 4.02. The van der Waals surface area contributed by atoms with Crippen LogP contribution in [0, 0.1) is 19.7 Å². The molecule has 3 heterocycles. The summed E-state index contributed by atoms with van der Waals surface area (Å²) in [6.45, 7) is 4.86. The number of aryl methyl sites for hydroxylation is 2. The summed E-state index contributed by atoms with van der Waals surface area (Å²) in [7, 11) is 0. The first kappa shape index (κ1) is 20.2. The maximum atomic E-state index is 13.5. The maximum absolute atomic E-state index is 13.5. The first-order chi connectivity index (χ1) is 15.5. The smallest absolute Gasteiger partial charge is 0.230 e. The van der Waals surface area contributed by atoms with Crippen LogP contribution in [0.5, 0.6) is 0 Å². The highest BCUT2D eigenvalue weighted by Crippen LogP contribution is 2.24. The molecule has 5 rings (SSSR count). The van der Waals surface area contributed by atoms with Gasteiger partial charge in [0.1, 0.15) is 17.4 Å². The molecule has 1 aliphatic rings. The summed E-state index contributed by atoms with van der Waals surface area (Å²) < 4.78 is 21.0. The third-order valence-corrected chi connectivity index (χ3v) is 5.73. The Morgan fingerprint density at radius 2 is 1.81 bits per heavy atom. The van der Waals surface area contributed by atoms with E-state index in [2.05, 4.69) is 4.98 Å². The van der Waals surface area contributed by atoms with Gasteiger partial charge in [-0.1, -0.05) is 29.8 Å². The molecule has 0 spiro atoms. The van der Waals surface area contributed by atoms with Crippen LogP contribution in [-0.4, -0.2) is 31.9 Å². The highest BCUT2D eigenvalue weighted by molar-refractivity contribution is 5.78. The van der Waals surface area contributed by atoms with Gasteiger partial charge in [-0.15, -0.1) is 0 Å². The average Bonchev–Trinajstić information content (AvgIpc) is 3.36. The number of benzene rings is 2. The molecule has 6 nitrogen and oxygen atoms in total. The van der Waals surface area contributed by atoms with Crippen LogP contribution in [0.4, 0.5) is 4.39 Å². The van der Waals surface area contributed by atoms with Gasteiger partial charge in [-0.25, -0.2) is 14.4 Å². The molecule has 0 aliphatic carbocycles. The normalized spacial score (nSPS) is 13.3. The van der Waals surface area contributed by atoms with E-state index in [1.54, 1.807) is 17.0 Å². The lowest BCUT2D eigenvalue weighted by Gasteiger charge is -2.25. The largest absolute Gasteiger partial charge is 0.444 e. The van der Waals surface area contributed by atoms with Crippen molar-refractivity contribution in [2.45, 2.75) is 33.2 Å². The standard InChI is InChI=1S/C25H23FN4O2/c1-16-3-5-18(6-4-16)22-14-30(20-9-7-19(26)8-10-20)24(28-22)13-25(31)29-12-11-21-23(15-29)32-17(2)27-21/h3-10,14H,11-13,15H2,1-2H3. The van der Waals surface area contributed by atoms with Gasteiger partial charge in [-0.05, 0) is 31.2 Å². The van der Waals surface area contributed by atoms with Gasteiger partial charge < -0.3 is 13.9 Å². The molecule has 1 aliphatic heterocycles. The Labute approximate surface area is 185 Å². The second kappa shape index (κ2) is 8.07. The number of rotatable bonds is 4. The van der Waals surface area contributed by atoms with E-state index in [4.69, 9.17) is 9.40 Å². The highest BCUT2D eigenvalue weighted by atomic mass is 19.1. The van der Waals surface area contributed by atoms with Crippen molar-refractivity contribution in [3.63, 3.8) is 0 Å². The van der Waals surface area contributed by atoms with E-state index < -0.39 is 0 Å². The number of oxazole rings is 1. The van der Waals surface area contributed by atoms with Crippen LogP contribution >= 0.6 is 0 Å². The van der Waals surface area contributed by atoms with Crippen LogP contribution in [0.2, 0.25) is 0 Å². The number of imidazole rings is 1. The summed E-state index contributed by atoms with van der Waals surface area (Å²) in [5, 5.41) is 0. The van der Waals surface area contributed by atoms with Crippen molar-refractivity contribution < 1.29 is 13.6 Å². The molecular formula is C25H23FN4O2. The second-order valence-corrected chi connectivity index (χ2v) is 8.10. The second-order valence-electron chi connectivity index (χ2n) is 8.10. The van der Waals surface area contributed by atoms with Crippen molar-refractivity contribution in [3.05, 3.63) is 89.3 Å². The van der Waals surface area contributed by atoms with Crippen LogP contribution in [-0.2, 0) is 24.2 Å². The summed E-state index contributed by atoms with van der Waals surface area (Å²) in [5.74, 6) is 1.64. The van der Waals surface area contributed by atoms with Crippen molar-refractivity contribution in [3.8, 4) is 16.9 Å². The Morgan fingerprint density at radius 3 is 2.56 bits per heavy atom. The molecule has 1 amide bonds. The van der Waals surface area contributed by atoms with E-state index in [0.717, 1.165) is 34.0 Å². The summed E-state index contributed by atoms with van der Waals surface area (Å²) in [5.41, 5.74) is 4.58. The molecule has 0 fully saturated rings. The van der Waals surface area contributed by atoms with Crippen molar-refractivity contribution in [2.24, 2.45) is 0 Å². The van der Waals surface area contributed by atoms with E-state index in [1.807, 2.05) is 48.9 Å². The lowest BCUT2D eigenvalue weighted by atomic mass is 10.1. The maximum Gasteiger partial charge on any atom is 0.230 e. The molecule has 2 aromatic carbocycles. The quantitative estimate of drug-likeness (QED) is 0.481. The van der Waals surface area contributed by atoms with Crippen LogP contribution < -0.4 is 0 Å². The van der Waals surface area contributed by atoms with Crippen LogP contribution in [0.25, 0.3) is 16.9 Å². The SMILES string of the molecule is Cc1ccc(-c2cn(-c3ccc(F)cc3)c(CC(=O)N3CCc4nc(C)oc4C3)n2)cc1. The molecule has 0 saturated heterocycles. The highest BCUT2D eigenvalue weighted by Gasteiger charge is 2.26. The number of amides is 1. The number of carbonyl (C=O) groups is 1. The lowest BCUT2D eigenvalue weighted by molar-refractivity contribution is -0.131. The third-order valence-electron chi connectivity index (χ3n) is 5.73. The number of hydrogen-bond donors (Lipinski definition) is 0. The lowest BCUT2D eigenvalue weighted by Crippen LogP contribution is -2.37. The fourth-order valence-electron chi connectivity index (χ4n) is 4.02. The summed E-state index contributed by atoms with van der Waals surface area (Å²) in [4.78, 5) is 24.1. The molecule has 32 heavy (non-hydrogen) atoms. The van der Waals surface area contributed by atoms with Crippen molar-refractivity contribution in [1.29, 1.82) is 0 Å². The zero-order valence-corrected chi connectivity index (χ0v) is 18.0. The van der Waals surface area contributed by atoms with E-state index >= 15 is 0 Å². The molecule has 162 valence electrons. The van der Waals surface area contributed by atoms with E-state index in [0.29, 0.717) is 31.2 Å². The third kappa shape index (κ3) is 3.93. The minimum atomic E-state index is -0.309. The van der Waals surface area contributed by atoms with Gasteiger partial charge in [0.15, 0.2) is 5.89 Å². The Bertz CT molecular complexity index is 1270. The number of aromatic nitrogens is 3. The monoisotopic (exact) mass is 430 g/mol. The Kier molecular flexibility index (Phi) is 5.09. The first-order valence-electron chi connectivity index (χ1n) is 10.6. The van der Waals surface area contributed by atoms with Gasteiger partial charge in [0, 0.05) is 37.3 Å². The molecule has 7 heteroatoms. The molecule has 0 saturated carbocycles. The van der Waals surface area contributed by atoms with Gasteiger partial charge >= 0.3 is 0 Å². The molecule has 0 atom stereocenters. The van der Waals surface area contributed by atoms with E-state index in [-0.39, 0.29) is 18.1 Å². The molecule has 4 aromatic rings. The number of carbonyl (C=O) groups excluding carboxylic acids is 1. The van der Waals surface area contributed by atoms with Gasteiger partial charge in [0.25, 0.3) is 0 Å². The molecule has 2 aromatic heterocycles. The molecule has 0 bridgehead atoms. The molecule has 0 unspecified atom stereocenters. The predicted octanol–water partition coefficient (Wildman–Crippen LogP) is 4.41. The average molecular weight is 430 g/mol. The van der Waals surface area contributed by atoms with Crippen LogP contribution in [0.1, 0.15) is 28.7 Å². The minimum absolute atomic E-state index is 0.0332. The minimum Gasteiger partial charge on any atom is -0.444 e. The zero-order chi connectivity index (χ0) is 22.2. The number of halogens is 1. The van der Waals surface area contributed by atoms with Crippen LogP contribution in [0.15, 0.2) is 59.1 Å². The number of fused-ring (bicyclic) bond motifs is 1. The zero-order valence-electron chi connectivity index (χ0n) is 18.0. The van der Waals surface area contributed by atoms with Crippen molar-refractivity contribution >= 4 is 5.91 Å². The Hall–Kier alpha value is -3.74. The van der Waals surface area contributed by atoms with Gasteiger partial charge in [0.05, 0.1) is 24.4 Å². The summed E-state index contributed by atoms with van der Waals surface area (Å²) in [6, 6.07) is 14.3. The van der Waals surface area contributed by atoms with Crippen LogP contribution in [0.3, 0.4) is 0 Å². The van der Waals surface area contributed by atoms with Gasteiger partial charge in [-0.2, -0.15) is 0 Å². The molecular weight excluding hydrogens is 407 g/mol. The topological polar surface area (TPSA) is 64.2 Å². The van der Waals surface area contributed by atoms with Crippen molar-refractivity contribution in [1.82, 2.24) is 19.4 Å². The number of hydrogen-bond acceptors (Lipinski definition) is 4. The Morgan fingerprint density at radius 1 is 1.06 bits per heavy atom. The number of nitrogens with zero attached hydrogens (tertiary/aromatic N) is 4. The summed E-state index contributed by atoms with van der Waals surface area (Å²) >= 11 is 0. The Balaban J connectivity index is 1.45. The van der Waals surface area contributed by atoms with Gasteiger partial charge in [-0.3, -0.25) is 4.79 Å². The first-order valence-corrected chi connectivity index (χ1v) is 10.6. The fraction of sp³-hybridized carbons (Fsp3) is 0.240. The van der Waals surface area contributed by atoms with E-state index in [9.17, 15) is 9.18 Å². The molecule has 0 radical (unpaired) electrons. The van der Waals surface area contributed by atoms with E-state index in [1.165, 1.54) is 12.1 Å².